The van der Waals surface area contributed by atoms with Gasteiger partial charge in [-0.15, -0.1) is 24.2 Å². The fraction of sp³-hybridized carbons (Fsp3) is 0.533. The molecular weight excluding hydrogens is 292 g/mol. The molecule has 1 aromatic carbocycles. The number of amides is 1. The number of thioether (sulfide) groups is 1. The number of benzene rings is 1. The molecule has 20 heavy (non-hydrogen) atoms. The Labute approximate surface area is 132 Å². The highest BCUT2D eigenvalue weighted by molar-refractivity contribution is 7.98. The monoisotopic (exact) mass is 316 g/mol. The molecule has 1 unspecified atom stereocenters. The first-order valence-corrected chi connectivity index (χ1v) is 7.73. The molecule has 0 saturated heterocycles. The Morgan fingerprint density at radius 2 is 2.05 bits per heavy atom. The summed E-state index contributed by atoms with van der Waals surface area (Å²) >= 11 is 1.63. The number of hydrogen-bond donors (Lipinski definition) is 2. The number of rotatable bonds is 5. The zero-order chi connectivity index (χ0) is 14.6. The summed E-state index contributed by atoms with van der Waals surface area (Å²) in [5.74, 6) is 0.237. The molecule has 0 saturated carbocycles. The third-order valence-corrected chi connectivity index (χ3v) is 4.51. The van der Waals surface area contributed by atoms with Gasteiger partial charge < -0.3 is 11.1 Å². The minimum Gasteiger partial charge on any atom is -0.345 e. The minimum absolute atomic E-state index is 0. The van der Waals surface area contributed by atoms with Gasteiger partial charge in [0.05, 0.1) is 5.54 Å². The molecule has 0 radical (unpaired) electrons. The normalized spacial score (nSPS) is 13.6. The summed E-state index contributed by atoms with van der Waals surface area (Å²) in [6.45, 7) is 8.51. The van der Waals surface area contributed by atoms with Crippen molar-refractivity contribution in [2.24, 2.45) is 11.7 Å². The third kappa shape index (κ3) is 4.40. The van der Waals surface area contributed by atoms with Crippen molar-refractivity contribution in [3.05, 3.63) is 29.3 Å². The van der Waals surface area contributed by atoms with Crippen molar-refractivity contribution in [3.63, 3.8) is 0 Å². The Morgan fingerprint density at radius 1 is 1.45 bits per heavy atom. The van der Waals surface area contributed by atoms with Crippen LogP contribution in [0.4, 0.5) is 0 Å². The van der Waals surface area contributed by atoms with Crippen LogP contribution in [0, 0.1) is 12.8 Å². The maximum absolute atomic E-state index is 12.4. The second-order valence-electron chi connectivity index (χ2n) is 5.41. The largest absolute Gasteiger partial charge is 0.345 e. The van der Waals surface area contributed by atoms with Crippen molar-refractivity contribution < 1.29 is 4.79 Å². The molecular formula is C15H25ClN2OS. The second-order valence-corrected chi connectivity index (χ2v) is 6.29. The lowest BCUT2D eigenvalue weighted by Crippen LogP contribution is -2.55. The van der Waals surface area contributed by atoms with Crippen LogP contribution >= 0.6 is 24.2 Å². The van der Waals surface area contributed by atoms with E-state index >= 15 is 0 Å². The van der Waals surface area contributed by atoms with Crippen molar-refractivity contribution in [2.45, 2.75) is 38.1 Å². The number of hydrogen-bond acceptors (Lipinski definition) is 3. The number of halogens is 1. The molecule has 0 bridgehead atoms. The standard InChI is InChI=1S/C15H24N2OS.ClH/c1-10(2)15(4,9-16)17-14(18)13-8-12(19-5)7-6-11(13)3;/h6-8,10H,9,16H2,1-5H3,(H,17,18);1H. The zero-order valence-electron chi connectivity index (χ0n) is 12.8. The molecule has 0 heterocycles. The molecule has 0 aliphatic carbocycles. The van der Waals surface area contributed by atoms with Gasteiger partial charge in [-0.25, -0.2) is 0 Å². The van der Waals surface area contributed by atoms with E-state index in [9.17, 15) is 4.79 Å². The van der Waals surface area contributed by atoms with Gasteiger partial charge >= 0.3 is 0 Å². The molecule has 1 rings (SSSR count). The predicted octanol–water partition coefficient (Wildman–Crippen LogP) is 3.24. The van der Waals surface area contributed by atoms with E-state index in [1.807, 2.05) is 38.3 Å². The van der Waals surface area contributed by atoms with E-state index < -0.39 is 0 Å². The first kappa shape index (κ1) is 19.3. The van der Waals surface area contributed by atoms with Gasteiger partial charge in [0.1, 0.15) is 0 Å². The van der Waals surface area contributed by atoms with Crippen LogP contribution in [0.25, 0.3) is 0 Å². The van der Waals surface area contributed by atoms with Crippen LogP contribution in [0.15, 0.2) is 23.1 Å². The summed E-state index contributed by atoms with van der Waals surface area (Å²) in [6, 6.07) is 5.95. The lowest BCUT2D eigenvalue weighted by molar-refractivity contribution is 0.0882. The number of aryl methyl sites for hydroxylation is 1. The van der Waals surface area contributed by atoms with E-state index in [0.29, 0.717) is 6.54 Å². The van der Waals surface area contributed by atoms with Crippen LogP contribution in [0.3, 0.4) is 0 Å². The van der Waals surface area contributed by atoms with Crippen molar-refractivity contribution in [3.8, 4) is 0 Å². The minimum atomic E-state index is -0.376. The SMILES string of the molecule is CSc1ccc(C)c(C(=O)NC(C)(CN)C(C)C)c1.Cl. The van der Waals surface area contributed by atoms with Crippen molar-refractivity contribution in [1.29, 1.82) is 0 Å². The molecule has 114 valence electrons. The van der Waals surface area contributed by atoms with Crippen molar-refractivity contribution in [1.82, 2.24) is 5.32 Å². The topological polar surface area (TPSA) is 55.1 Å². The third-order valence-electron chi connectivity index (χ3n) is 3.79. The van der Waals surface area contributed by atoms with Crippen LogP contribution in [0.1, 0.15) is 36.7 Å². The van der Waals surface area contributed by atoms with E-state index in [1.54, 1.807) is 11.8 Å². The highest BCUT2D eigenvalue weighted by Crippen LogP contribution is 2.21. The molecule has 1 aromatic rings. The van der Waals surface area contributed by atoms with E-state index in [-0.39, 0.29) is 29.8 Å². The van der Waals surface area contributed by atoms with Crippen molar-refractivity contribution >= 4 is 30.1 Å². The highest BCUT2D eigenvalue weighted by atomic mass is 35.5. The molecule has 0 aliphatic heterocycles. The van der Waals surface area contributed by atoms with E-state index in [4.69, 9.17) is 5.73 Å². The van der Waals surface area contributed by atoms with Crippen LogP contribution in [-0.2, 0) is 0 Å². The molecule has 5 heteroatoms. The first-order valence-electron chi connectivity index (χ1n) is 6.51. The number of carbonyl (C=O) groups excluding carboxylic acids is 1. The quantitative estimate of drug-likeness (QED) is 0.820. The van der Waals surface area contributed by atoms with Gasteiger partial charge in [-0.1, -0.05) is 19.9 Å². The fourth-order valence-corrected chi connectivity index (χ4v) is 2.17. The van der Waals surface area contributed by atoms with Gasteiger partial charge in [-0.3, -0.25) is 4.79 Å². The van der Waals surface area contributed by atoms with Crippen molar-refractivity contribution in [2.75, 3.05) is 12.8 Å². The van der Waals surface area contributed by atoms with Gasteiger partial charge in [0, 0.05) is 17.0 Å². The summed E-state index contributed by atoms with van der Waals surface area (Å²) in [5.41, 5.74) is 7.15. The summed E-state index contributed by atoms with van der Waals surface area (Å²) in [6.07, 6.45) is 2.00. The molecule has 3 nitrogen and oxygen atoms in total. The van der Waals surface area contributed by atoms with Crippen LogP contribution in [0.5, 0.6) is 0 Å². The maximum Gasteiger partial charge on any atom is 0.252 e. The van der Waals surface area contributed by atoms with Gasteiger partial charge in [-0.2, -0.15) is 0 Å². The Morgan fingerprint density at radius 3 is 2.50 bits per heavy atom. The zero-order valence-corrected chi connectivity index (χ0v) is 14.5. The van der Waals surface area contributed by atoms with Gasteiger partial charge in [0.25, 0.3) is 5.91 Å². The maximum atomic E-state index is 12.4. The van der Waals surface area contributed by atoms with Gasteiger partial charge in [-0.05, 0) is 43.7 Å². The lowest BCUT2D eigenvalue weighted by Gasteiger charge is -2.33. The smallest absolute Gasteiger partial charge is 0.252 e. The van der Waals surface area contributed by atoms with E-state index in [1.165, 1.54) is 0 Å². The molecule has 1 amide bonds. The average Bonchev–Trinajstić information content (AvgIpc) is 2.38. The predicted molar refractivity (Wildman–Crippen MR) is 90.0 cm³/mol. The Hall–Kier alpha value is -0.710. The van der Waals surface area contributed by atoms with Crippen LogP contribution in [-0.4, -0.2) is 24.2 Å². The first-order chi connectivity index (χ1) is 8.84. The molecule has 1 atom stereocenters. The average molecular weight is 317 g/mol. The lowest BCUT2D eigenvalue weighted by atomic mass is 9.88. The number of carbonyl (C=O) groups is 1. The second kappa shape index (κ2) is 7.91. The Kier molecular flexibility index (Phi) is 7.63. The molecule has 0 aliphatic rings. The summed E-state index contributed by atoms with van der Waals surface area (Å²) in [5, 5.41) is 3.08. The summed E-state index contributed by atoms with van der Waals surface area (Å²) < 4.78 is 0. The molecule has 0 aromatic heterocycles. The van der Waals surface area contributed by atoms with E-state index in [2.05, 4.69) is 19.2 Å². The van der Waals surface area contributed by atoms with Gasteiger partial charge in [0.2, 0.25) is 0 Å². The van der Waals surface area contributed by atoms with Crippen LogP contribution < -0.4 is 11.1 Å². The summed E-state index contributed by atoms with van der Waals surface area (Å²) in [7, 11) is 0. The molecule has 0 spiro atoms. The Bertz CT molecular complexity index is 465. The number of nitrogens with one attached hydrogen (secondary N) is 1. The summed E-state index contributed by atoms with van der Waals surface area (Å²) in [4.78, 5) is 13.5. The molecule has 0 fully saturated rings. The van der Waals surface area contributed by atoms with Gasteiger partial charge in [0.15, 0.2) is 0 Å². The fourth-order valence-electron chi connectivity index (χ4n) is 1.73. The Balaban J connectivity index is 0.00000361. The molecule has 3 N–H and O–H groups in total. The van der Waals surface area contributed by atoms with Crippen LogP contribution in [0.2, 0.25) is 0 Å². The van der Waals surface area contributed by atoms with E-state index in [0.717, 1.165) is 16.0 Å². The highest BCUT2D eigenvalue weighted by Gasteiger charge is 2.29. The number of nitrogens with two attached hydrogens (primary N) is 1.